The Morgan fingerprint density at radius 1 is 1.38 bits per heavy atom. The molecule has 0 fully saturated rings. The highest BCUT2D eigenvalue weighted by Gasteiger charge is 2.34. The van der Waals surface area contributed by atoms with Crippen LogP contribution in [0.1, 0.15) is 18.9 Å². The quantitative estimate of drug-likeness (QED) is 0.841. The average Bonchev–Trinajstić information content (AvgIpc) is 2.26. The zero-order chi connectivity index (χ0) is 15.6. The summed E-state index contributed by atoms with van der Waals surface area (Å²) in [7, 11) is -4.02. The molecule has 1 aromatic rings. The Bertz CT molecular complexity index is 577. The minimum atomic E-state index is -4.71. The van der Waals surface area contributed by atoms with E-state index in [-0.39, 0.29) is 25.0 Å². The molecule has 0 bridgehead atoms. The molecular formula is C11H15Cl2F3N2O2S. The van der Waals surface area contributed by atoms with Crippen molar-refractivity contribution < 1.29 is 21.6 Å². The van der Waals surface area contributed by atoms with Crippen molar-refractivity contribution in [3.05, 3.63) is 28.8 Å². The number of hydrogen-bond donors (Lipinski definition) is 2. The molecule has 0 saturated heterocycles. The maximum absolute atomic E-state index is 12.7. The highest BCUT2D eigenvalue weighted by Crippen LogP contribution is 2.35. The third-order valence-corrected chi connectivity index (χ3v) is 4.23. The largest absolute Gasteiger partial charge is 0.417 e. The van der Waals surface area contributed by atoms with Gasteiger partial charge >= 0.3 is 6.18 Å². The molecule has 0 aliphatic carbocycles. The molecule has 1 atom stereocenters. The van der Waals surface area contributed by atoms with Crippen LogP contribution in [0.4, 0.5) is 13.2 Å². The van der Waals surface area contributed by atoms with Crippen molar-refractivity contribution in [1.82, 2.24) is 4.72 Å². The molecule has 4 nitrogen and oxygen atoms in total. The third-order valence-electron chi connectivity index (χ3n) is 2.45. The van der Waals surface area contributed by atoms with E-state index >= 15 is 0 Å². The summed E-state index contributed by atoms with van der Waals surface area (Å²) >= 11 is 5.43. The highest BCUT2D eigenvalue weighted by molar-refractivity contribution is 7.89. The van der Waals surface area contributed by atoms with Gasteiger partial charge in [0, 0.05) is 12.6 Å². The lowest BCUT2D eigenvalue weighted by atomic mass is 10.2. The van der Waals surface area contributed by atoms with Crippen LogP contribution in [0.3, 0.4) is 0 Å². The minimum Gasteiger partial charge on any atom is -0.328 e. The summed E-state index contributed by atoms with van der Waals surface area (Å²) in [5.74, 6) is 0. The van der Waals surface area contributed by atoms with Gasteiger partial charge in [0.2, 0.25) is 10.0 Å². The van der Waals surface area contributed by atoms with Crippen molar-refractivity contribution in [1.29, 1.82) is 0 Å². The number of hydrogen-bond acceptors (Lipinski definition) is 3. The molecule has 0 radical (unpaired) electrons. The molecule has 3 N–H and O–H groups in total. The number of sulfonamides is 1. The zero-order valence-electron chi connectivity index (χ0n) is 10.9. The fraction of sp³-hybridized carbons (Fsp3) is 0.455. The molecular weight excluding hydrogens is 352 g/mol. The van der Waals surface area contributed by atoms with Crippen LogP contribution in [0, 0.1) is 0 Å². The van der Waals surface area contributed by atoms with Crippen LogP contribution in [-0.4, -0.2) is 21.0 Å². The average molecular weight is 367 g/mol. The lowest BCUT2D eigenvalue weighted by Gasteiger charge is -2.12. The molecule has 1 rings (SSSR count). The van der Waals surface area contributed by atoms with Gasteiger partial charge < -0.3 is 5.73 Å². The second kappa shape index (κ2) is 7.64. The van der Waals surface area contributed by atoms with Crippen LogP contribution in [-0.2, 0) is 16.2 Å². The van der Waals surface area contributed by atoms with Crippen molar-refractivity contribution in [2.45, 2.75) is 30.5 Å². The first-order valence-corrected chi connectivity index (χ1v) is 7.52. The normalized spacial score (nSPS) is 13.6. The van der Waals surface area contributed by atoms with Crippen LogP contribution in [0.5, 0.6) is 0 Å². The van der Waals surface area contributed by atoms with E-state index in [1.807, 2.05) is 0 Å². The predicted octanol–water partition coefficient (Wildman–Crippen LogP) is 2.80. The molecule has 122 valence electrons. The van der Waals surface area contributed by atoms with Crippen molar-refractivity contribution in [2.75, 3.05) is 6.54 Å². The molecule has 0 aliphatic heterocycles. The molecule has 0 aromatic heterocycles. The fourth-order valence-corrected chi connectivity index (χ4v) is 2.69. The maximum atomic E-state index is 12.7. The van der Waals surface area contributed by atoms with Gasteiger partial charge in [-0.05, 0) is 31.5 Å². The van der Waals surface area contributed by atoms with E-state index in [4.69, 9.17) is 17.3 Å². The third kappa shape index (κ3) is 5.99. The van der Waals surface area contributed by atoms with Crippen molar-refractivity contribution in [2.24, 2.45) is 5.73 Å². The van der Waals surface area contributed by atoms with Gasteiger partial charge in [0.05, 0.1) is 15.5 Å². The fourth-order valence-electron chi connectivity index (χ4n) is 1.39. The number of benzene rings is 1. The molecule has 10 heteroatoms. The summed E-state index contributed by atoms with van der Waals surface area (Å²) in [4.78, 5) is -0.487. The Morgan fingerprint density at radius 3 is 2.43 bits per heavy atom. The monoisotopic (exact) mass is 366 g/mol. The van der Waals surface area contributed by atoms with E-state index in [0.717, 1.165) is 12.1 Å². The van der Waals surface area contributed by atoms with Crippen molar-refractivity contribution in [3.63, 3.8) is 0 Å². The topological polar surface area (TPSA) is 72.2 Å². The highest BCUT2D eigenvalue weighted by atomic mass is 35.5. The molecule has 21 heavy (non-hydrogen) atoms. The number of alkyl halides is 3. The van der Waals surface area contributed by atoms with Gasteiger partial charge in [0.15, 0.2) is 0 Å². The molecule has 0 spiro atoms. The second-order valence-corrected chi connectivity index (χ2v) is 6.48. The lowest BCUT2D eigenvalue weighted by Crippen LogP contribution is -2.29. The Morgan fingerprint density at radius 2 is 1.95 bits per heavy atom. The standard InChI is InChI=1S/C11H14ClF3N2O2S.ClH/c1-7(16)4-5-17-20(18,19)8-2-3-10(12)9(6-8)11(13,14)15;/h2-3,6-7,17H,4-5,16H2,1H3;1H. The number of rotatable bonds is 5. The van der Waals surface area contributed by atoms with Crippen LogP contribution in [0.15, 0.2) is 23.1 Å². The van der Waals surface area contributed by atoms with E-state index in [1.165, 1.54) is 0 Å². The summed E-state index contributed by atoms with van der Waals surface area (Å²) in [6.45, 7) is 1.74. The molecule has 0 aliphatic rings. The van der Waals surface area contributed by atoms with Gasteiger partial charge in [-0.3, -0.25) is 0 Å². The summed E-state index contributed by atoms with van der Waals surface area (Å²) in [6, 6.07) is 2.22. The number of nitrogens with one attached hydrogen (secondary N) is 1. The summed E-state index contributed by atoms with van der Waals surface area (Å²) in [5, 5.41) is -0.549. The van der Waals surface area contributed by atoms with E-state index < -0.39 is 31.7 Å². The van der Waals surface area contributed by atoms with Crippen LogP contribution in [0.2, 0.25) is 5.02 Å². The summed E-state index contributed by atoms with van der Waals surface area (Å²) in [5.41, 5.74) is 4.27. The number of halogens is 5. The van der Waals surface area contributed by atoms with Gasteiger partial charge in [0.1, 0.15) is 0 Å². The van der Waals surface area contributed by atoms with E-state index in [9.17, 15) is 21.6 Å². The molecule has 1 aromatic carbocycles. The Hall–Kier alpha value is -0.540. The molecule has 0 amide bonds. The van der Waals surface area contributed by atoms with E-state index in [0.29, 0.717) is 12.5 Å². The van der Waals surface area contributed by atoms with Gasteiger partial charge in [-0.1, -0.05) is 11.6 Å². The SMILES string of the molecule is CC(N)CCNS(=O)(=O)c1ccc(Cl)c(C(F)(F)F)c1.Cl. The maximum Gasteiger partial charge on any atom is 0.417 e. The second-order valence-electron chi connectivity index (χ2n) is 4.30. The first-order chi connectivity index (χ1) is 9.04. The smallest absolute Gasteiger partial charge is 0.328 e. The van der Waals surface area contributed by atoms with Crippen LogP contribution in [0.25, 0.3) is 0 Å². The molecule has 0 heterocycles. The van der Waals surface area contributed by atoms with Crippen LogP contribution < -0.4 is 10.5 Å². The first-order valence-electron chi connectivity index (χ1n) is 5.66. The van der Waals surface area contributed by atoms with Crippen molar-refractivity contribution in [3.8, 4) is 0 Å². The van der Waals surface area contributed by atoms with Gasteiger partial charge in [-0.15, -0.1) is 12.4 Å². The lowest BCUT2D eigenvalue weighted by molar-refractivity contribution is -0.137. The summed E-state index contributed by atoms with van der Waals surface area (Å²) < 4.78 is 63.8. The first kappa shape index (κ1) is 20.5. The Kier molecular flexibility index (Phi) is 7.44. The Labute approximate surface area is 132 Å². The zero-order valence-corrected chi connectivity index (χ0v) is 13.3. The molecule has 0 saturated carbocycles. The minimum absolute atomic E-state index is 0. The van der Waals surface area contributed by atoms with E-state index in [1.54, 1.807) is 6.92 Å². The van der Waals surface area contributed by atoms with Crippen LogP contribution >= 0.6 is 24.0 Å². The predicted molar refractivity (Wildman–Crippen MR) is 77.2 cm³/mol. The van der Waals surface area contributed by atoms with Gasteiger partial charge in [0.25, 0.3) is 0 Å². The van der Waals surface area contributed by atoms with Gasteiger partial charge in [-0.25, -0.2) is 13.1 Å². The van der Waals surface area contributed by atoms with Crippen molar-refractivity contribution >= 4 is 34.0 Å². The van der Waals surface area contributed by atoms with E-state index in [2.05, 4.69) is 4.72 Å². The summed E-state index contributed by atoms with van der Waals surface area (Å²) in [6.07, 6.45) is -4.34. The Balaban J connectivity index is 0.00000400. The van der Waals surface area contributed by atoms with Gasteiger partial charge in [-0.2, -0.15) is 13.2 Å². The number of nitrogens with two attached hydrogens (primary N) is 1. The molecule has 1 unspecified atom stereocenters.